The van der Waals surface area contributed by atoms with E-state index in [0.29, 0.717) is 19.4 Å². The fourth-order valence-corrected chi connectivity index (χ4v) is 4.64. The van der Waals surface area contributed by atoms with Crippen molar-refractivity contribution in [3.8, 4) is 0 Å². The van der Waals surface area contributed by atoms with E-state index >= 15 is 0 Å². The molecular formula is C13H31BN4O4S. The molecule has 1 aliphatic rings. The summed E-state index contributed by atoms with van der Waals surface area (Å²) in [5, 5.41) is 17.9. The zero-order chi connectivity index (χ0) is 18.1. The van der Waals surface area contributed by atoms with Crippen molar-refractivity contribution in [1.29, 1.82) is 0 Å². The maximum absolute atomic E-state index is 12.8. The number of nitrogens with two attached hydrogens (primary N) is 2. The van der Waals surface area contributed by atoms with Crippen LogP contribution in [0.2, 0.25) is 6.32 Å². The van der Waals surface area contributed by atoms with Gasteiger partial charge in [0.1, 0.15) is 0 Å². The van der Waals surface area contributed by atoms with E-state index in [-0.39, 0.29) is 25.3 Å². The van der Waals surface area contributed by atoms with E-state index < -0.39 is 28.4 Å². The van der Waals surface area contributed by atoms with Crippen molar-refractivity contribution in [1.82, 2.24) is 8.61 Å². The van der Waals surface area contributed by atoms with Crippen molar-refractivity contribution in [2.45, 2.75) is 51.0 Å². The van der Waals surface area contributed by atoms with Gasteiger partial charge in [-0.15, -0.1) is 0 Å². The van der Waals surface area contributed by atoms with Gasteiger partial charge in [0.15, 0.2) is 0 Å². The van der Waals surface area contributed by atoms with Crippen LogP contribution in [0.3, 0.4) is 0 Å². The number of likely N-dealkylation sites (N-methyl/N-ethyl adjacent to an activating group) is 1. The number of nitrogens with zero attached hydrogens (tertiary/aromatic N) is 2. The van der Waals surface area contributed by atoms with Crippen LogP contribution in [-0.4, -0.2) is 72.0 Å². The summed E-state index contributed by atoms with van der Waals surface area (Å²) in [4.78, 5) is 0. The minimum absolute atomic E-state index is 0.0228. The average Bonchev–Trinajstić information content (AvgIpc) is 2.73. The predicted molar refractivity (Wildman–Crippen MR) is 91.7 cm³/mol. The highest BCUT2D eigenvalue weighted by atomic mass is 32.2. The molecule has 0 saturated carbocycles. The highest BCUT2D eigenvalue weighted by molar-refractivity contribution is 7.86. The molecular weight excluding hydrogens is 319 g/mol. The minimum Gasteiger partial charge on any atom is -0.427 e. The first-order valence-corrected chi connectivity index (χ1v) is 9.33. The summed E-state index contributed by atoms with van der Waals surface area (Å²) in [7, 11) is -3.45. The van der Waals surface area contributed by atoms with Crippen molar-refractivity contribution in [3.05, 3.63) is 0 Å². The van der Waals surface area contributed by atoms with Crippen LogP contribution in [0.1, 0.15) is 33.6 Å². The largest absolute Gasteiger partial charge is 0.451 e. The highest BCUT2D eigenvalue weighted by Gasteiger charge is 2.47. The second-order valence-electron chi connectivity index (χ2n) is 7.40. The Morgan fingerprint density at radius 1 is 1.43 bits per heavy atom. The monoisotopic (exact) mass is 350 g/mol. The van der Waals surface area contributed by atoms with Crippen LogP contribution in [-0.2, 0) is 10.2 Å². The van der Waals surface area contributed by atoms with Crippen LogP contribution < -0.4 is 11.5 Å². The molecule has 8 nitrogen and oxygen atoms in total. The molecule has 2 atom stereocenters. The van der Waals surface area contributed by atoms with Crippen LogP contribution in [0.15, 0.2) is 0 Å². The summed E-state index contributed by atoms with van der Waals surface area (Å²) in [6.45, 7) is 6.20. The normalized spacial score (nSPS) is 26.9. The third-order valence-electron chi connectivity index (χ3n) is 4.91. The molecule has 6 N–H and O–H groups in total. The van der Waals surface area contributed by atoms with Gasteiger partial charge in [0.25, 0.3) is 10.2 Å². The molecule has 0 aromatic carbocycles. The zero-order valence-corrected chi connectivity index (χ0v) is 15.4. The van der Waals surface area contributed by atoms with Crippen molar-refractivity contribution >= 4 is 17.3 Å². The van der Waals surface area contributed by atoms with Gasteiger partial charge >= 0.3 is 7.12 Å². The Hall–Kier alpha value is -0.225. The van der Waals surface area contributed by atoms with E-state index in [1.165, 1.54) is 15.7 Å². The molecule has 0 aromatic heterocycles. The zero-order valence-electron chi connectivity index (χ0n) is 14.6. The number of hydrogen-bond acceptors (Lipinski definition) is 6. The van der Waals surface area contributed by atoms with Crippen LogP contribution in [0.25, 0.3) is 0 Å². The van der Waals surface area contributed by atoms with E-state index in [1.54, 1.807) is 13.8 Å². The lowest BCUT2D eigenvalue weighted by atomic mass is 9.79. The molecule has 23 heavy (non-hydrogen) atoms. The van der Waals surface area contributed by atoms with Crippen LogP contribution in [0.4, 0.5) is 0 Å². The van der Waals surface area contributed by atoms with Gasteiger partial charge < -0.3 is 21.5 Å². The molecule has 0 unspecified atom stereocenters. The predicted octanol–water partition coefficient (Wildman–Crippen LogP) is -1.20. The Labute approximate surface area is 140 Å². The smallest absolute Gasteiger partial charge is 0.427 e. The first kappa shape index (κ1) is 20.8. The van der Waals surface area contributed by atoms with Crippen molar-refractivity contribution < 1.29 is 18.5 Å². The molecule has 0 aliphatic carbocycles. The van der Waals surface area contributed by atoms with Gasteiger partial charge in [0, 0.05) is 37.8 Å². The van der Waals surface area contributed by atoms with Gasteiger partial charge in [-0.05, 0) is 39.4 Å². The van der Waals surface area contributed by atoms with E-state index in [4.69, 9.17) is 21.5 Å². The second kappa shape index (κ2) is 7.34. The lowest BCUT2D eigenvalue weighted by Gasteiger charge is -2.36. The standard InChI is InChI=1S/C13H31BN4O4S/c1-12(2,9-15)17(4)23(21,22)18-8-11(13(3,16)10-18)6-5-7-14(19)20/h11,19-20H,5-10,15-16H2,1-4H3/t11-,13-/m0/s1. The van der Waals surface area contributed by atoms with Gasteiger partial charge in [0.05, 0.1) is 0 Å². The maximum Gasteiger partial charge on any atom is 0.451 e. The van der Waals surface area contributed by atoms with Crippen LogP contribution in [0.5, 0.6) is 0 Å². The Bertz CT molecular complexity index is 498. The van der Waals surface area contributed by atoms with Crippen LogP contribution in [0, 0.1) is 5.92 Å². The van der Waals surface area contributed by atoms with Crippen molar-refractivity contribution in [3.63, 3.8) is 0 Å². The lowest BCUT2D eigenvalue weighted by Crippen LogP contribution is -2.55. The van der Waals surface area contributed by atoms with Crippen LogP contribution >= 0.6 is 0 Å². The van der Waals surface area contributed by atoms with Gasteiger partial charge in [-0.2, -0.15) is 17.0 Å². The summed E-state index contributed by atoms with van der Waals surface area (Å²) in [5.41, 5.74) is 10.7. The molecule has 0 bridgehead atoms. The third kappa shape index (κ3) is 4.88. The molecule has 0 aromatic rings. The molecule has 1 rings (SSSR count). The number of hydrogen-bond donors (Lipinski definition) is 4. The highest BCUT2D eigenvalue weighted by Crippen LogP contribution is 2.33. The molecule has 0 radical (unpaired) electrons. The lowest BCUT2D eigenvalue weighted by molar-refractivity contribution is 0.252. The Morgan fingerprint density at radius 2 is 2.00 bits per heavy atom. The summed E-state index contributed by atoms with van der Waals surface area (Å²) in [5.74, 6) is -0.0228. The molecule has 0 amide bonds. The summed E-state index contributed by atoms with van der Waals surface area (Å²) < 4.78 is 28.3. The van der Waals surface area contributed by atoms with E-state index in [2.05, 4.69) is 0 Å². The van der Waals surface area contributed by atoms with E-state index in [0.717, 1.165) is 0 Å². The van der Waals surface area contributed by atoms with Gasteiger partial charge in [-0.1, -0.05) is 6.42 Å². The minimum atomic E-state index is -3.65. The Kier molecular flexibility index (Phi) is 6.65. The fraction of sp³-hybridized carbons (Fsp3) is 1.00. The molecule has 0 spiro atoms. The molecule has 1 fully saturated rings. The summed E-state index contributed by atoms with van der Waals surface area (Å²) >= 11 is 0. The second-order valence-corrected chi connectivity index (χ2v) is 9.36. The summed E-state index contributed by atoms with van der Waals surface area (Å²) in [6, 6.07) is 0. The topological polar surface area (TPSA) is 133 Å². The van der Waals surface area contributed by atoms with Gasteiger partial charge in [-0.25, -0.2) is 0 Å². The molecule has 1 aliphatic heterocycles. The van der Waals surface area contributed by atoms with Crippen molar-refractivity contribution in [2.75, 3.05) is 26.7 Å². The SMILES string of the molecule is CN(C(C)(C)CN)S(=O)(=O)N1C[C@H](CCCB(O)O)[C@@](C)(N)C1. The Balaban J connectivity index is 2.83. The van der Waals surface area contributed by atoms with E-state index in [9.17, 15) is 8.42 Å². The first-order valence-electron chi connectivity index (χ1n) is 7.94. The first-order chi connectivity index (χ1) is 10.3. The van der Waals surface area contributed by atoms with E-state index in [1.807, 2.05) is 6.92 Å². The number of rotatable bonds is 8. The molecule has 10 heteroatoms. The van der Waals surface area contributed by atoms with Crippen molar-refractivity contribution in [2.24, 2.45) is 17.4 Å². The molecule has 1 saturated heterocycles. The van der Waals surface area contributed by atoms with Gasteiger partial charge in [0.2, 0.25) is 0 Å². The summed E-state index contributed by atoms with van der Waals surface area (Å²) in [6.07, 6.45) is 1.51. The molecule has 136 valence electrons. The fourth-order valence-electron chi connectivity index (χ4n) is 2.79. The molecule has 1 heterocycles. The maximum atomic E-state index is 12.8. The van der Waals surface area contributed by atoms with Gasteiger partial charge in [-0.3, -0.25) is 0 Å². The quantitative estimate of drug-likeness (QED) is 0.407. The average molecular weight is 350 g/mol. The Morgan fingerprint density at radius 3 is 2.48 bits per heavy atom. The third-order valence-corrected chi connectivity index (χ3v) is 7.03.